The lowest BCUT2D eigenvalue weighted by atomic mass is 9.79. The summed E-state index contributed by atoms with van der Waals surface area (Å²) in [6.07, 6.45) is 11.8. The van der Waals surface area contributed by atoms with Crippen LogP contribution in [0.15, 0.2) is 30.4 Å². The standard InChI is InChI=1S/C43H57N5O9S/c1-40(2,3)57-39(52)45-32-15-10-8-6-7-9-14-27-23-43(27,38(51)47-58(53,54)41(4)20-21-41)46-36(49)33-24-42(25-48(33)37(32)50)19-18-29-30-22-28(55-5)16-17-31(30)44-34(35(29)56-42)26-12-11-13-26/h9,14,16-17,22,26-27,32-33H,6-8,10-13,15,18-21,23-25H2,1-5H3,(H,45,52)(H,46,49)(H,47,51)/b14-9-/t27-,32-,33-,42+,43+/m0/s1. The first-order valence-electron chi connectivity index (χ1n) is 21.0. The summed E-state index contributed by atoms with van der Waals surface area (Å²) in [5.74, 6) is -0.600. The third-order valence-electron chi connectivity index (χ3n) is 13.2. The topological polar surface area (TPSA) is 182 Å². The number of sulfonamides is 1. The molecule has 0 unspecified atom stereocenters. The van der Waals surface area contributed by atoms with Gasteiger partial charge in [-0.05, 0) is 110 Å². The van der Waals surface area contributed by atoms with E-state index in [9.17, 15) is 27.6 Å². The molecular weight excluding hydrogens is 763 g/mol. The molecule has 2 aromatic rings. The molecule has 3 aliphatic carbocycles. The zero-order valence-electron chi connectivity index (χ0n) is 34.3. The maximum Gasteiger partial charge on any atom is 0.408 e. The molecule has 6 aliphatic rings. The first-order valence-corrected chi connectivity index (χ1v) is 22.5. The maximum atomic E-state index is 14.9. The highest BCUT2D eigenvalue weighted by molar-refractivity contribution is 7.91. The fourth-order valence-electron chi connectivity index (χ4n) is 9.07. The molecule has 1 aromatic heterocycles. The summed E-state index contributed by atoms with van der Waals surface area (Å²) in [5.41, 5.74) is -0.527. The SMILES string of the molecule is COc1ccc2nc(C3CCC3)c3c(c2c1)CC[C@]1(C[C@H]2C(=O)N[C@]4(C(=O)NS(=O)(=O)C5(C)CC5)C[C@@H]4/C=C\CCCCC[C@H](NC(=O)OC(C)(C)C)C(=O)N2C1)O3. The van der Waals surface area contributed by atoms with Gasteiger partial charge < -0.3 is 29.7 Å². The van der Waals surface area contributed by atoms with Crippen LogP contribution in [0.4, 0.5) is 4.79 Å². The number of carbonyl (C=O) groups excluding carboxylic acids is 4. The Hall–Kier alpha value is -4.40. The first-order chi connectivity index (χ1) is 27.5. The van der Waals surface area contributed by atoms with Gasteiger partial charge in [0.25, 0.3) is 5.91 Å². The number of benzene rings is 1. The molecule has 14 nitrogen and oxygen atoms in total. The molecule has 15 heteroatoms. The Labute approximate surface area is 340 Å². The van der Waals surface area contributed by atoms with Crippen LogP contribution in [0.5, 0.6) is 11.5 Å². The van der Waals surface area contributed by atoms with Crippen molar-refractivity contribution in [1.82, 2.24) is 25.2 Å². The van der Waals surface area contributed by atoms with E-state index in [1.54, 1.807) is 34.8 Å². The van der Waals surface area contributed by atoms with Crippen LogP contribution >= 0.6 is 0 Å². The van der Waals surface area contributed by atoms with E-state index in [1.807, 2.05) is 30.4 Å². The fraction of sp³-hybridized carbons (Fsp3) is 0.651. The number of hydrogen-bond acceptors (Lipinski definition) is 10. The quantitative estimate of drug-likeness (QED) is 0.317. The third-order valence-corrected chi connectivity index (χ3v) is 15.4. The lowest BCUT2D eigenvalue weighted by Gasteiger charge is -2.39. The van der Waals surface area contributed by atoms with Gasteiger partial charge in [-0.15, -0.1) is 0 Å². The van der Waals surface area contributed by atoms with E-state index in [0.29, 0.717) is 56.4 Å². The highest BCUT2D eigenvalue weighted by Crippen LogP contribution is 2.51. The predicted octanol–water partition coefficient (Wildman–Crippen LogP) is 5.46. The summed E-state index contributed by atoms with van der Waals surface area (Å²) in [5, 5.41) is 6.74. The zero-order chi connectivity index (χ0) is 41.3. The second-order valence-corrected chi connectivity index (χ2v) is 20.9. The van der Waals surface area contributed by atoms with E-state index in [-0.39, 0.29) is 25.3 Å². The number of alkyl carbamates (subject to hydrolysis) is 1. The van der Waals surface area contributed by atoms with Gasteiger partial charge in [-0.2, -0.15) is 0 Å². The molecule has 3 aliphatic heterocycles. The number of aryl methyl sites for hydroxylation is 1. The molecule has 1 aromatic carbocycles. The number of nitrogens with one attached hydrogen (secondary N) is 3. The smallest absolute Gasteiger partial charge is 0.408 e. The molecule has 3 saturated carbocycles. The molecule has 8 rings (SSSR count). The third kappa shape index (κ3) is 7.63. The van der Waals surface area contributed by atoms with Gasteiger partial charge in [0.15, 0.2) is 0 Å². The van der Waals surface area contributed by atoms with Crippen LogP contribution in [0.2, 0.25) is 0 Å². The molecule has 4 heterocycles. The summed E-state index contributed by atoms with van der Waals surface area (Å²) < 4.78 is 46.1. The second kappa shape index (κ2) is 14.7. The van der Waals surface area contributed by atoms with Crippen molar-refractivity contribution in [2.24, 2.45) is 5.92 Å². The maximum absolute atomic E-state index is 14.9. The molecule has 4 amide bonds. The Morgan fingerprint density at radius 2 is 1.81 bits per heavy atom. The van der Waals surface area contributed by atoms with Crippen LogP contribution < -0.4 is 24.8 Å². The lowest BCUT2D eigenvalue weighted by molar-refractivity contribution is -0.141. The number of amides is 4. The summed E-state index contributed by atoms with van der Waals surface area (Å²) in [6, 6.07) is 3.77. The van der Waals surface area contributed by atoms with Gasteiger partial charge in [-0.1, -0.05) is 31.4 Å². The molecule has 1 spiro atoms. The fourth-order valence-corrected chi connectivity index (χ4v) is 10.4. The molecule has 1 saturated heterocycles. The van der Waals surface area contributed by atoms with E-state index < -0.39 is 73.3 Å². The van der Waals surface area contributed by atoms with Crippen LogP contribution in [0.25, 0.3) is 10.9 Å². The number of allylic oxidation sites excluding steroid dienone is 1. The Bertz CT molecular complexity index is 2160. The number of pyridine rings is 1. The van der Waals surface area contributed by atoms with Gasteiger partial charge in [0.2, 0.25) is 21.8 Å². The first kappa shape index (κ1) is 40.4. The minimum absolute atomic E-state index is 0.0609. The minimum atomic E-state index is -3.99. The average molecular weight is 820 g/mol. The summed E-state index contributed by atoms with van der Waals surface area (Å²) >= 11 is 0. The van der Waals surface area contributed by atoms with Crippen molar-refractivity contribution in [3.8, 4) is 11.5 Å². The van der Waals surface area contributed by atoms with E-state index in [1.165, 1.54) is 4.90 Å². The van der Waals surface area contributed by atoms with Crippen LogP contribution in [0.3, 0.4) is 0 Å². The highest BCUT2D eigenvalue weighted by Gasteiger charge is 2.64. The van der Waals surface area contributed by atoms with Crippen LogP contribution in [0.1, 0.15) is 128 Å². The second-order valence-electron chi connectivity index (χ2n) is 18.7. The molecule has 0 radical (unpaired) electrons. The molecular formula is C43H57N5O9S. The van der Waals surface area contributed by atoms with E-state index in [2.05, 4.69) is 15.4 Å². The number of hydrogen-bond donors (Lipinski definition) is 3. The molecule has 58 heavy (non-hydrogen) atoms. The molecule has 5 atom stereocenters. The lowest BCUT2D eigenvalue weighted by Crippen LogP contribution is -2.58. The number of methoxy groups -OCH3 is 1. The number of aromatic nitrogens is 1. The minimum Gasteiger partial charge on any atom is -0.497 e. The molecule has 3 N–H and O–H groups in total. The van der Waals surface area contributed by atoms with Crippen LogP contribution in [-0.2, 0) is 35.6 Å². The Morgan fingerprint density at radius 3 is 2.50 bits per heavy atom. The largest absolute Gasteiger partial charge is 0.497 e. The average Bonchev–Trinajstić information content (AvgIpc) is 4.03. The van der Waals surface area contributed by atoms with Gasteiger partial charge in [-0.3, -0.25) is 19.1 Å². The number of rotatable bonds is 6. The monoisotopic (exact) mass is 819 g/mol. The number of fused-ring (bicyclic) bond motifs is 5. The van der Waals surface area contributed by atoms with Crippen molar-refractivity contribution in [2.45, 2.75) is 157 Å². The molecule has 0 bridgehead atoms. The number of carbonyl (C=O) groups is 4. The van der Waals surface area contributed by atoms with Gasteiger partial charge in [-0.25, -0.2) is 18.2 Å². The van der Waals surface area contributed by atoms with E-state index in [0.717, 1.165) is 54.3 Å². The van der Waals surface area contributed by atoms with Gasteiger partial charge in [0.05, 0.1) is 29.6 Å². The zero-order valence-corrected chi connectivity index (χ0v) is 35.1. The van der Waals surface area contributed by atoms with Crippen molar-refractivity contribution in [1.29, 1.82) is 0 Å². The Balaban J connectivity index is 1.16. The van der Waals surface area contributed by atoms with Crippen LogP contribution in [-0.4, -0.2) is 89.3 Å². The summed E-state index contributed by atoms with van der Waals surface area (Å²) in [4.78, 5) is 63.6. The molecule has 314 valence electrons. The van der Waals surface area contributed by atoms with Crippen molar-refractivity contribution >= 4 is 44.7 Å². The van der Waals surface area contributed by atoms with Gasteiger partial charge in [0.1, 0.15) is 40.3 Å². The van der Waals surface area contributed by atoms with E-state index >= 15 is 0 Å². The van der Waals surface area contributed by atoms with Crippen molar-refractivity contribution < 1.29 is 41.8 Å². The number of nitrogens with zero attached hydrogens (tertiary/aromatic N) is 2. The van der Waals surface area contributed by atoms with Crippen molar-refractivity contribution in [3.63, 3.8) is 0 Å². The normalized spacial score (nSPS) is 30.2. The number of ether oxygens (including phenoxy) is 3. The van der Waals surface area contributed by atoms with E-state index in [4.69, 9.17) is 19.2 Å². The highest BCUT2D eigenvalue weighted by atomic mass is 32.2. The van der Waals surface area contributed by atoms with Gasteiger partial charge >= 0.3 is 6.09 Å². The Morgan fingerprint density at radius 1 is 1.03 bits per heavy atom. The Kier molecular flexibility index (Phi) is 10.2. The van der Waals surface area contributed by atoms with Gasteiger partial charge in [0, 0.05) is 29.2 Å². The van der Waals surface area contributed by atoms with Crippen molar-refractivity contribution in [3.05, 3.63) is 41.6 Å². The van der Waals surface area contributed by atoms with Crippen LogP contribution in [0, 0.1) is 5.92 Å². The van der Waals surface area contributed by atoms with Crippen molar-refractivity contribution in [2.75, 3.05) is 13.7 Å². The summed E-state index contributed by atoms with van der Waals surface area (Å²) in [7, 11) is -2.37. The predicted molar refractivity (Wildman–Crippen MR) is 216 cm³/mol. The molecule has 4 fully saturated rings. The summed E-state index contributed by atoms with van der Waals surface area (Å²) in [6.45, 7) is 6.92.